The Kier molecular flexibility index (Phi) is 5.26. The van der Waals surface area contributed by atoms with Gasteiger partial charge in [-0.05, 0) is 42.0 Å². The molecule has 0 fully saturated rings. The monoisotopic (exact) mass is 403 g/mol. The van der Waals surface area contributed by atoms with Crippen LogP contribution < -0.4 is 15.0 Å². The lowest BCUT2D eigenvalue weighted by molar-refractivity contribution is 0.394. The summed E-state index contributed by atoms with van der Waals surface area (Å²) in [5.41, 5.74) is 1.47. The van der Waals surface area contributed by atoms with Gasteiger partial charge in [0.2, 0.25) is 0 Å². The molecule has 6 nitrogen and oxygen atoms in total. The van der Waals surface area contributed by atoms with E-state index in [1.807, 2.05) is 6.07 Å². The maximum atomic E-state index is 13.2. The number of nitrogens with zero attached hydrogens (tertiary/aromatic N) is 3. The second kappa shape index (κ2) is 8.16. The van der Waals surface area contributed by atoms with Gasteiger partial charge < -0.3 is 9.47 Å². The third-order valence-electron chi connectivity index (χ3n) is 4.56. The predicted octanol–water partition coefficient (Wildman–Crippen LogP) is 4.10. The zero-order valence-corrected chi connectivity index (χ0v) is 16.4. The summed E-state index contributed by atoms with van der Waals surface area (Å²) in [6, 6.07) is 18.1. The zero-order chi connectivity index (χ0) is 21.1. The van der Waals surface area contributed by atoms with Crippen molar-refractivity contribution >= 4 is 17.1 Å². The molecule has 1 heterocycles. The van der Waals surface area contributed by atoms with Gasteiger partial charge in [-0.3, -0.25) is 4.79 Å². The van der Waals surface area contributed by atoms with E-state index in [4.69, 9.17) is 9.47 Å². The Morgan fingerprint density at radius 2 is 1.63 bits per heavy atom. The van der Waals surface area contributed by atoms with E-state index in [2.05, 4.69) is 10.1 Å². The molecule has 30 heavy (non-hydrogen) atoms. The second-order valence-corrected chi connectivity index (χ2v) is 6.47. The fourth-order valence-corrected chi connectivity index (χ4v) is 3.03. The van der Waals surface area contributed by atoms with Crippen LogP contribution in [0, 0.1) is 5.82 Å². The minimum atomic E-state index is -0.346. The largest absolute Gasteiger partial charge is 0.497 e. The highest BCUT2D eigenvalue weighted by molar-refractivity contribution is 5.82. The van der Waals surface area contributed by atoms with Crippen molar-refractivity contribution in [1.82, 2.24) is 9.66 Å². The number of hydrogen-bond donors (Lipinski definition) is 0. The molecule has 0 bridgehead atoms. The Hall–Kier alpha value is -4.00. The van der Waals surface area contributed by atoms with Gasteiger partial charge in [0.05, 0.1) is 31.3 Å². The Labute approximate surface area is 171 Å². The van der Waals surface area contributed by atoms with E-state index in [-0.39, 0.29) is 11.4 Å². The Balaban J connectivity index is 1.95. The molecule has 0 aliphatic rings. The Bertz CT molecular complexity index is 1280. The molecule has 0 atom stereocenters. The summed E-state index contributed by atoms with van der Waals surface area (Å²) in [6.45, 7) is 0. The number of rotatable bonds is 5. The summed E-state index contributed by atoms with van der Waals surface area (Å²) in [7, 11) is 3.10. The van der Waals surface area contributed by atoms with E-state index in [1.165, 1.54) is 23.0 Å². The number of ether oxygens (including phenoxy) is 2. The van der Waals surface area contributed by atoms with Crippen molar-refractivity contribution in [3.63, 3.8) is 0 Å². The summed E-state index contributed by atoms with van der Waals surface area (Å²) >= 11 is 0. The summed E-state index contributed by atoms with van der Waals surface area (Å²) in [5.74, 6) is 1.09. The number of aromatic nitrogens is 2. The van der Waals surface area contributed by atoms with E-state index >= 15 is 0 Å². The van der Waals surface area contributed by atoms with Crippen LogP contribution in [-0.2, 0) is 0 Å². The maximum absolute atomic E-state index is 13.2. The van der Waals surface area contributed by atoms with Crippen LogP contribution in [0.3, 0.4) is 0 Å². The topological polar surface area (TPSA) is 65.7 Å². The van der Waals surface area contributed by atoms with Crippen molar-refractivity contribution in [3.8, 4) is 22.9 Å². The number of hydrogen-bond acceptors (Lipinski definition) is 5. The van der Waals surface area contributed by atoms with Crippen LogP contribution in [0.4, 0.5) is 4.39 Å². The molecule has 7 heteroatoms. The van der Waals surface area contributed by atoms with Crippen LogP contribution in [0.15, 0.2) is 76.6 Å². The molecule has 0 spiro atoms. The van der Waals surface area contributed by atoms with Crippen molar-refractivity contribution in [3.05, 3.63) is 88.5 Å². The quantitative estimate of drug-likeness (QED) is 0.471. The first-order valence-electron chi connectivity index (χ1n) is 9.14. The van der Waals surface area contributed by atoms with Crippen LogP contribution >= 0.6 is 0 Å². The molecule has 4 aromatic rings. The van der Waals surface area contributed by atoms with Gasteiger partial charge in [0.1, 0.15) is 17.3 Å². The highest BCUT2D eigenvalue weighted by atomic mass is 19.1. The summed E-state index contributed by atoms with van der Waals surface area (Å²) in [6.07, 6.45) is 1.48. The molecule has 0 saturated carbocycles. The molecule has 0 radical (unpaired) electrons. The zero-order valence-electron chi connectivity index (χ0n) is 16.4. The van der Waals surface area contributed by atoms with Gasteiger partial charge in [-0.25, -0.2) is 9.37 Å². The molecule has 150 valence electrons. The molecule has 4 rings (SSSR count). The fourth-order valence-electron chi connectivity index (χ4n) is 3.03. The van der Waals surface area contributed by atoms with Crippen LogP contribution in [0.5, 0.6) is 11.5 Å². The van der Waals surface area contributed by atoms with Crippen LogP contribution in [0.2, 0.25) is 0 Å². The van der Waals surface area contributed by atoms with Gasteiger partial charge in [0.15, 0.2) is 5.82 Å². The van der Waals surface area contributed by atoms with Gasteiger partial charge in [0, 0.05) is 11.6 Å². The molecule has 0 aliphatic carbocycles. The predicted molar refractivity (Wildman–Crippen MR) is 114 cm³/mol. The summed E-state index contributed by atoms with van der Waals surface area (Å²) < 4.78 is 25.1. The molecule has 0 saturated heterocycles. The average molecular weight is 403 g/mol. The van der Waals surface area contributed by atoms with Gasteiger partial charge in [-0.2, -0.15) is 9.78 Å². The molecule has 0 amide bonds. The number of methoxy groups -OCH3 is 2. The normalized spacial score (nSPS) is 11.2. The van der Waals surface area contributed by atoms with Crippen LogP contribution in [-0.4, -0.2) is 30.1 Å². The summed E-state index contributed by atoms with van der Waals surface area (Å²) in [5, 5.41) is 4.79. The molecular weight excluding hydrogens is 385 g/mol. The standard InChI is InChI=1S/C23H18FN3O3/c1-29-18-11-16(12-19(13-18)30-2)22-26-21-6-4-3-5-20(21)23(28)27(22)25-14-15-7-9-17(24)10-8-15/h3-14H,1-2H3. The van der Waals surface area contributed by atoms with Gasteiger partial charge >= 0.3 is 0 Å². The third-order valence-corrected chi connectivity index (χ3v) is 4.56. The van der Waals surface area contributed by atoms with E-state index in [0.717, 1.165) is 0 Å². The number of para-hydroxylation sites is 1. The molecule has 0 unspecified atom stereocenters. The van der Waals surface area contributed by atoms with E-state index in [9.17, 15) is 9.18 Å². The lowest BCUT2D eigenvalue weighted by atomic mass is 10.1. The highest BCUT2D eigenvalue weighted by Crippen LogP contribution is 2.29. The van der Waals surface area contributed by atoms with E-state index in [0.29, 0.717) is 39.4 Å². The second-order valence-electron chi connectivity index (χ2n) is 6.47. The van der Waals surface area contributed by atoms with Crippen molar-refractivity contribution in [1.29, 1.82) is 0 Å². The molecule has 1 aromatic heterocycles. The highest BCUT2D eigenvalue weighted by Gasteiger charge is 2.14. The first-order valence-corrected chi connectivity index (χ1v) is 9.14. The third kappa shape index (κ3) is 3.77. The maximum Gasteiger partial charge on any atom is 0.282 e. The Morgan fingerprint density at radius 1 is 0.967 bits per heavy atom. The van der Waals surface area contributed by atoms with Crippen molar-refractivity contribution in [2.24, 2.45) is 5.10 Å². The van der Waals surface area contributed by atoms with Crippen molar-refractivity contribution in [2.45, 2.75) is 0 Å². The average Bonchev–Trinajstić information content (AvgIpc) is 2.79. The smallest absolute Gasteiger partial charge is 0.282 e. The van der Waals surface area contributed by atoms with Crippen LogP contribution in [0.25, 0.3) is 22.3 Å². The molecular formula is C23H18FN3O3. The van der Waals surface area contributed by atoms with Crippen molar-refractivity contribution in [2.75, 3.05) is 14.2 Å². The van der Waals surface area contributed by atoms with Gasteiger partial charge in [0.25, 0.3) is 5.56 Å². The van der Waals surface area contributed by atoms with Crippen molar-refractivity contribution < 1.29 is 13.9 Å². The first-order chi connectivity index (χ1) is 14.6. The van der Waals surface area contributed by atoms with Gasteiger partial charge in [-0.15, -0.1) is 0 Å². The first kappa shape index (κ1) is 19.3. The minimum Gasteiger partial charge on any atom is -0.497 e. The summed E-state index contributed by atoms with van der Waals surface area (Å²) in [4.78, 5) is 17.9. The number of benzene rings is 3. The molecule has 3 aromatic carbocycles. The van der Waals surface area contributed by atoms with Crippen LogP contribution in [0.1, 0.15) is 5.56 Å². The molecule has 0 aliphatic heterocycles. The van der Waals surface area contributed by atoms with E-state index < -0.39 is 0 Å². The minimum absolute atomic E-state index is 0.323. The van der Waals surface area contributed by atoms with Gasteiger partial charge in [-0.1, -0.05) is 24.3 Å². The lowest BCUT2D eigenvalue weighted by Crippen LogP contribution is -2.20. The fraction of sp³-hybridized carbons (Fsp3) is 0.0870. The molecule has 0 N–H and O–H groups in total. The number of halogens is 1. The Morgan fingerprint density at radius 3 is 2.30 bits per heavy atom. The SMILES string of the molecule is COc1cc(OC)cc(-c2nc3ccccc3c(=O)n2N=Cc2ccc(F)cc2)c1. The number of fused-ring (bicyclic) bond motifs is 1. The van der Waals surface area contributed by atoms with E-state index in [1.54, 1.807) is 62.8 Å². The lowest BCUT2D eigenvalue weighted by Gasteiger charge is -2.12.